The van der Waals surface area contributed by atoms with Gasteiger partial charge in [-0.3, -0.25) is 9.69 Å². The molecule has 102 valence electrons. The Morgan fingerprint density at radius 1 is 1.22 bits per heavy atom. The fourth-order valence-corrected chi connectivity index (χ4v) is 4.37. The molecule has 3 heteroatoms. The van der Waals surface area contributed by atoms with E-state index < -0.39 is 0 Å². The third-order valence-corrected chi connectivity index (χ3v) is 5.23. The Balaban J connectivity index is 1.87. The SMILES string of the molecule is CCCCN1C(=O)C2CCCN2C12CCCCC2. The zero-order valence-corrected chi connectivity index (χ0v) is 11.7. The summed E-state index contributed by atoms with van der Waals surface area (Å²) in [4.78, 5) is 17.5. The molecular weight excluding hydrogens is 224 g/mol. The predicted octanol–water partition coefficient (Wildman–Crippen LogP) is 2.75. The first-order valence-corrected chi connectivity index (χ1v) is 7.88. The van der Waals surface area contributed by atoms with Crippen LogP contribution >= 0.6 is 0 Å². The average molecular weight is 250 g/mol. The van der Waals surface area contributed by atoms with Crippen LogP contribution in [0.4, 0.5) is 0 Å². The summed E-state index contributed by atoms with van der Waals surface area (Å²) in [6.07, 6.45) is 11.1. The van der Waals surface area contributed by atoms with Gasteiger partial charge in [0.1, 0.15) is 0 Å². The molecule has 2 aliphatic heterocycles. The molecule has 0 aromatic carbocycles. The second-order valence-electron chi connectivity index (χ2n) is 6.24. The number of hydrogen-bond acceptors (Lipinski definition) is 2. The largest absolute Gasteiger partial charge is 0.323 e. The number of hydrogen-bond donors (Lipinski definition) is 0. The van der Waals surface area contributed by atoms with Gasteiger partial charge in [-0.2, -0.15) is 0 Å². The van der Waals surface area contributed by atoms with Gasteiger partial charge in [0.25, 0.3) is 0 Å². The summed E-state index contributed by atoms with van der Waals surface area (Å²) in [6, 6.07) is 0.236. The number of carbonyl (C=O) groups is 1. The maximum absolute atomic E-state index is 12.7. The fourth-order valence-electron chi connectivity index (χ4n) is 4.37. The Labute approximate surface area is 111 Å². The van der Waals surface area contributed by atoms with Crippen LogP contribution < -0.4 is 0 Å². The molecule has 1 unspecified atom stereocenters. The quantitative estimate of drug-likeness (QED) is 0.769. The number of rotatable bonds is 3. The first-order chi connectivity index (χ1) is 8.79. The second kappa shape index (κ2) is 4.84. The van der Waals surface area contributed by atoms with E-state index in [1.54, 1.807) is 0 Å². The molecule has 3 rings (SSSR count). The lowest BCUT2D eigenvalue weighted by Gasteiger charge is -2.46. The second-order valence-corrected chi connectivity index (χ2v) is 6.24. The van der Waals surface area contributed by atoms with Gasteiger partial charge in [-0.15, -0.1) is 0 Å². The van der Waals surface area contributed by atoms with Crippen LogP contribution in [0.1, 0.15) is 64.7 Å². The topological polar surface area (TPSA) is 23.6 Å². The number of carbonyl (C=O) groups excluding carboxylic acids is 1. The van der Waals surface area contributed by atoms with Crippen molar-refractivity contribution < 1.29 is 4.79 Å². The number of fused-ring (bicyclic) bond motifs is 2. The molecule has 3 aliphatic rings. The van der Waals surface area contributed by atoms with E-state index in [1.165, 1.54) is 44.9 Å². The van der Waals surface area contributed by atoms with Crippen LogP contribution in [0.5, 0.6) is 0 Å². The molecule has 2 heterocycles. The van der Waals surface area contributed by atoms with Crippen molar-refractivity contribution in [3.8, 4) is 0 Å². The molecule has 0 aromatic heterocycles. The molecule has 0 N–H and O–H groups in total. The van der Waals surface area contributed by atoms with E-state index in [9.17, 15) is 4.79 Å². The van der Waals surface area contributed by atoms with E-state index in [1.807, 2.05) is 0 Å². The van der Waals surface area contributed by atoms with E-state index in [-0.39, 0.29) is 11.7 Å². The van der Waals surface area contributed by atoms with Crippen LogP contribution in [-0.4, -0.2) is 40.5 Å². The van der Waals surface area contributed by atoms with Crippen molar-refractivity contribution in [2.24, 2.45) is 0 Å². The van der Waals surface area contributed by atoms with Crippen molar-refractivity contribution >= 4 is 5.91 Å². The first-order valence-electron chi connectivity index (χ1n) is 7.88. The van der Waals surface area contributed by atoms with E-state index in [4.69, 9.17) is 0 Å². The van der Waals surface area contributed by atoms with Crippen LogP contribution in [0.15, 0.2) is 0 Å². The van der Waals surface area contributed by atoms with Crippen LogP contribution in [0.25, 0.3) is 0 Å². The molecule has 0 radical (unpaired) electrons. The normalized spacial score (nSPS) is 31.3. The number of amides is 1. The van der Waals surface area contributed by atoms with Gasteiger partial charge in [-0.25, -0.2) is 0 Å². The lowest BCUT2D eigenvalue weighted by Crippen LogP contribution is -2.55. The smallest absolute Gasteiger partial charge is 0.241 e. The van der Waals surface area contributed by atoms with Gasteiger partial charge in [0.15, 0.2) is 0 Å². The highest BCUT2D eigenvalue weighted by Gasteiger charge is 2.57. The van der Waals surface area contributed by atoms with E-state index in [2.05, 4.69) is 16.7 Å². The van der Waals surface area contributed by atoms with Crippen molar-refractivity contribution in [1.82, 2.24) is 9.80 Å². The molecule has 3 fully saturated rings. The molecular formula is C15H26N2O. The highest BCUT2D eigenvalue weighted by molar-refractivity contribution is 5.85. The maximum atomic E-state index is 12.7. The minimum Gasteiger partial charge on any atom is -0.323 e. The molecule has 1 aliphatic carbocycles. The van der Waals surface area contributed by atoms with E-state index >= 15 is 0 Å². The summed E-state index contributed by atoms with van der Waals surface area (Å²) in [5, 5.41) is 0. The maximum Gasteiger partial charge on any atom is 0.241 e. The summed E-state index contributed by atoms with van der Waals surface area (Å²) >= 11 is 0. The van der Waals surface area contributed by atoms with Crippen molar-refractivity contribution in [3.05, 3.63) is 0 Å². The molecule has 0 bridgehead atoms. The number of nitrogens with zero attached hydrogens (tertiary/aromatic N) is 2. The lowest BCUT2D eigenvalue weighted by molar-refractivity contribution is -0.134. The fraction of sp³-hybridized carbons (Fsp3) is 0.933. The molecule has 1 atom stereocenters. The molecule has 18 heavy (non-hydrogen) atoms. The first kappa shape index (κ1) is 12.5. The Hall–Kier alpha value is -0.570. The van der Waals surface area contributed by atoms with Crippen LogP contribution in [-0.2, 0) is 4.79 Å². The van der Waals surface area contributed by atoms with Gasteiger partial charge in [-0.1, -0.05) is 19.8 Å². The summed E-state index contributed by atoms with van der Waals surface area (Å²) in [7, 11) is 0. The molecule has 0 aromatic rings. The van der Waals surface area contributed by atoms with Gasteiger partial charge in [0.2, 0.25) is 5.91 Å². The zero-order valence-electron chi connectivity index (χ0n) is 11.7. The summed E-state index contributed by atoms with van der Waals surface area (Å²) in [5.41, 5.74) is 0.131. The predicted molar refractivity (Wildman–Crippen MR) is 72.2 cm³/mol. The highest BCUT2D eigenvalue weighted by atomic mass is 16.2. The Bertz CT molecular complexity index is 322. The Morgan fingerprint density at radius 2 is 2.00 bits per heavy atom. The summed E-state index contributed by atoms with van der Waals surface area (Å²) in [6.45, 7) is 4.36. The van der Waals surface area contributed by atoms with Crippen LogP contribution in [0.2, 0.25) is 0 Å². The van der Waals surface area contributed by atoms with E-state index in [0.717, 1.165) is 25.9 Å². The van der Waals surface area contributed by atoms with Gasteiger partial charge >= 0.3 is 0 Å². The molecule has 1 amide bonds. The van der Waals surface area contributed by atoms with Gasteiger partial charge in [-0.05, 0) is 44.9 Å². The zero-order chi connectivity index (χ0) is 12.6. The number of unbranched alkanes of at least 4 members (excludes halogenated alkanes) is 1. The van der Waals surface area contributed by atoms with E-state index in [0.29, 0.717) is 5.91 Å². The van der Waals surface area contributed by atoms with Crippen LogP contribution in [0.3, 0.4) is 0 Å². The third kappa shape index (κ3) is 1.70. The Morgan fingerprint density at radius 3 is 2.72 bits per heavy atom. The van der Waals surface area contributed by atoms with Crippen molar-refractivity contribution in [1.29, 1.82) is 0 Å². The van der Waals surface area contributed by atoms with Gasteiger partial charge in [0, 0.05) is 13.1 Å². The van der Waals surface area contributed by atoms with Crippen molar-refractivity contribution in [2.45, 2.75) is 76.4 Å². The summed E-state index contributed by atoms with van der Waals surface area (Å²) < 4.78 is 0. The van der Waals surface area contributed by atoms with Crippen LogP contribution in [0, 0.1) is 0 Å². The molecule has 3 nitrogen and oxygen atoms in total. The summed E-state index contributed by atoms with van der Waals surface area (Å²) in [5.74, 6) is 0.447. The van der Waals surface area contributed by atoms with Gasteiger partial charge < -0.3 is 4.90 Å². The third-order valence-electron chi connectivity index (χ3n) is 5.23. The average Bonchev–Trinajstić information content (AvgIpc) is 2.95. The standard InChI is InChI=1S/C15H26N2O/c1-2-3-11-17-14(18)13-8-7-12-16(13)15(17)9-5-4-6-10-15/h13H,2-12H2,1H3. The highest BCUT2D eigenvalue weighted by Crippen LogP contribution is 2.46. The molecule has 1 spiro atoms. The monoisotopic (exact) mass is 250 g/mol. The molecule has 1 saturated carbocycles. The molecule has 2 saturated heterocycles. The van der Waals surface area contributed by atoms with Gasteiger partial charge in [0.05, 0.1) is 11.7 Å². The lowest BCUT2D eigenvalue weighted by atomic mass is 9.87. The van der Waals surface area contributed by atoms with Crippen molar-refractivity contribution in [2.75, 3.05) is 13.1 Å². The van der Waals surface area contributed by atoms with Crippen molar-refractivity contribution in [3.63, 3.8) is 0 Å². The minimum atomic E-state index is 0.131. The minimum absolute atomic E-state index is 0.131. The Kier molecular flexibility index (Phi) is 3.35.